The van der Waals surface area contributed by atoms with E-state index in [9.17, 15) is 0 Å². The lowest BCUT2D eigenvalue weighted by Crippen LogP contribution is -2.46. The molecule has 2 N–H and O–H groups in total. The summed E-state index contributed by atoms with van der Waals surface area (Å²) in [6.07, 6.45) is 5.66. The van der Waals surface area contributed by atoms with Crippen molar-refractivity contribution in [1.82, 2.24) is 14.9 Å². The highest BCUT2D eigenvalue weighted by atomic mass is 16.5. The van der Waals surface area contributed by atoms with Crippen molar-refractivity contribution in [1.29, 1.82) is 0 Å². The van der Waals surface area contributed by atoms with E-state index in [1.54, 1.807) is 13.3 Å². The number of anilines is 2. The zero-order valence-corrected chi connectivity index (χ0v) is 15.9. The molecule has 3 heterocycles. The average molecular weight is 368 g/mol. The molecule has 1 saturated heterocycles. The molecule has 1 aliphatic rings. The summed E-state index contributed by atoms with van der Waals surface area (Å²) >= 11 is 0. The summed E-state index contributed by atoms with van der Waals surface area (Å²) in [5, 5.41) is 0. The first-order valence-electron chi connectivity index (χ1n) is 9.46. The Hall–Kier alpha value is -2.67. The molecule has 0 amide bonds. The number of hydrogen-bond acceptors (Lipinski definition) is 7. The molecule has 2 aromatic rings. The standard InChI is InChI=1S/C20H28N6O/c1-22-16-17-7-8-19(24-20(17)21)27-15-5-4-10-25-11-13-26(14-12-25)18-6-2-3-9-23-18/h2-3,6-9,16H,4-5,10-15H2,1H3,(H2,21,24). The summed E-state index contributed by atoms with van der Waals surface area (Å²) in [5.74, 6) is 2.10. The molecular formula is C20H28N6O. The van der Waals surface area contributed by atoms with E-state index < -0.39 is 0 Å². The maximum Gasteiger partial charge on any atom is 0.215 e. The topological polar surface area (TPSA) is 79.9 Å². The van der Waals surface area contributed by atoms with Gasteiger partial charge in [0.05, 0.1) is 6.61 Å². The molecule has 0 atom stereocenters. The molecule has 7 heteroatoms. The van der Waals surface area contributed by atoms with Gasteiger partial charge in [-0.05, 0) is 37.6 Å². The van der Waals surface area contributed by atoms with Crippen LogP contribution in [0.25, 0.3) is 0 Å². The van der Waals surface area contributed by atoms with Crippen LogP contribution in [-0.2, 0) is 0 Å². The van der Waals surface area contributed by atoms with Crippen LogP contribution in [0.2, 0.25) is 0 Å². The van der Waals surface area contributed by atoms with Crippen LogP contribution in [0.1, 0.15) is 18.4 Å². The van der Waals surface area contributed by atoms with Gasteiger partial charge in [-0.25, -0.2) is 4.98 Å². The first kappa shape index (κ1) is 19.1. The summed E-state index contributed by atoms with van der Waals surface area (Å²) in [4.78, 5) is 17.5. The monoisotopic (exact) mass is 368 g/mol. The average Bonchev–Trinajstić information content (AvgIpc) is 2.71. The predicted molar refractivity (Wildman–Crippen MR) is 110 cm³/mol. The minimum absolute atomic E-state index is 0.448. The minimum atomic E-state index is 0.448. The second kappa shape index (κ2) is 9.87. The second-order valence-corrected chi connectivity index (χ2v) is 6.58. The molecule has 0 aromatic carbocycles. The number of unbranched alkanes of at least 4 members (excludes halogenated alkanes) is 1. The van der Waals surface area contributed by atoms with Crippen LogP contribution >= 0.6 is 0 Å². The first-order chi connectivity index (χ1) is 13.3. The number of rotatable bonds is 8. The van der Waals surface area contributed by atoms with E-state index in [0.29, 0.717) is 18.3 Å². The summed E-state index contributed by atoms with van der Waals surface area (Å²) in [5.41, 5.74) is 6.71. The Morgan fingerprint density at radius 2 is 2.00 bits per heavy atom. The molecule has 0 aliphatic carbocycles. The van der Waals surface area contributed by atoms with Crippen molar-refractivity contribution < 1.29 is 4.74 Å². The number of aromatic nitrogens is 2. The van der Waals surface area contributed by atoms with Gasteiger partial charge in [-0.15, -0.1) is 0 Å². The van der Waals surface area contributed by atoms with E-state index >= 15 is 0 Å². The first-order valence-corrected chi connectivity index (χ1v) is 9.46. The Balaban J connectivity index is 1.31. The van der Waals surface area contributed by atoms with Crippen molar-refractivity contribution in [2.24, 2.45) is 4.99 Å². The van der Waals surface area contributed by atoms with Gasteiger partial charge in [-0.2, -0.15) is 4.98 Å². The van der Waals surface area contributed by atoms with Crippen LogP contribution < -0.4 is 15.4 Å². The van der Waals surface area contributed by atoms with Gasteiger partial charge in [0, 0.05) is 57.3 Å². The third-order valence-corrected chi connectivity index (χ3v) is 4.66. The number of pyridine rings is 2. The zero-order valence-electron chi connectivity index (χ0n) is 15.9. The Morgan fingerprint density at radius 1 is 1.15 bits per heavy atom. The Labute approximate surface area is 160 Å². The van der Waals surface area contributed by atoms with E-state index in [2.05, 4.69) is 30.8 Å². The van der Waals surface area contributed by atoms with Gasteiger partial charge in [0.1, 0.15) is 11.6 Å². The molecule has 1 fully saturated rings. The van der Waals surface area contributed by atoms with Crippen LogP contribution in [0.15, 0.2) is 41.5 Å². The smallest absolute Gasteiger partial charge is 0.215 e. The molecule has 27 heavy (non-hydrogen) atoms. The molecule has 7 nitrogen and oxygen atoms in total. The number of aliphatic imine (C=N–C) groups is 1. The fraction of sp³-hybridized carbons (Fsp3) is 0.450. The number of piperazine rings is 1. The fourth-order valence-corrected chi connectivity index (χ4v) is 3.15. The van der Waals surface area contributed by atoms with Gasteiger partial charge in [0.25, 0.3) is 0 Å². The van der Waals surface area contributed by atoms with Crippen LogP contribution in [0.3, 0.4) is 0 Å². The lowest BCUT2D eigenvalue weighted by Gasteiger charge is -2.35. The quantitative estimate of drug-likeness (QED) is 0.568. The number of hydrogen-bond donors (Lipinski definition) is 1. The summed E-state index contributed by atoms with van der Waals surface area (Å²) in [6, 6.07) is 9.80. The summed E-state index contributed by atoms with van der Waals surface area (Å²) < 4.78 is 5.71. The van der Waals surface area contributed by atoms with Gasteiger partial charge in [0.2, 0.25) is 5.88 Å². The van der Waals surface area contributed by atoms with Gasteiger partial charge in [-0.1, -0.05) is 6.07 Å². The van der Waals surface area contributed by atoms with Crippen LogP contribution in [0.4, 0.5) is 11.6 Å². The van der Waals surface area contributed by atoms with Crippen LogP contribution in [-0.4, -0.2) is 67.5 Å². The summed E-state index contributed by atoms with van der Waals surface area (Å²) in [6.45, 7) is 5.97. The third kappa shape index (κ3) is 5.65. The van der Waals surface area contributed by atoms with Gasteiger partial charge in [-0.3, -0.25) is 9.89 Å². The van der Waals surface area contributed by atoms with Gasteiger partial charge in [0.15, 0.2) is 0 Å². The summed E-state index contributed by atoms with van der Waals surface area (Å²) in [7, 11) is 1.71. The largest absolute Gasteiger partial charge is 0.478 e. The minimum Gasteiger partial charge on any atom is -0.478 e. The molecule has 144 valence electrons. The van der Waals surface area contributed by atoms with E-state index in [-0.39, 0.29) is 0 Å². The van der Waals surface area contributed by atoms with Crippen LogP contribution in [0.5, 0.6) is 5.88 Å². The lowest BCUT2D eigenvalue weighted by molar-refractivity contribution is 0.236. The molecule has 0 radical (unpaired) electrons. The number of nitrogens with two attached hydrogens (primary N) is 1. The van der Waals surface area contributed by atoms with Crippen molar-refractivity contribution in [2.75, 3.05) is 57.0 Å². The molecule has 1 aliphatic heterocycles. The molecule has 2 aromatic heterocycles. The lowest BCUT2D eigenvalue weighted by atomic mass is 10.2. The maximum absolute atomic E-state index is 5.89. The Morgan fingerprint density at radius 3 is 2.70 bits per heavy atom. The molecular weight excluding hydrogens is 340 g/mol. The highest BCUT2D eigenvalue weighted by Crippen LogP contribution is 2.15. The van der Waals surface area contributed by atoms with E-state index in [1.165, 1.54) is 0 Å². The van der Waals surface area contributed by atoms with E-state index in [0.717, 1.165) is 56.9 Å². The van der Waals surface area contributed by atoms with Crippen molar-refractivity contribution in [2.45, 2.75) is 12.8 Å². The normalized spacial score (nSPS) is 15.4. The highest BCUT2D eigenvalue weighted by Gasteiger charge is 2.17. The van der Waals surface area contributed by atoms with Gasteiger partial charge >= 0.3 is 0 Å². The molecule has 0 unspecified atom stereocenters. The Bertz CT molecular complexity index is 729. The van der Waals surface area contributed by atoms with E-state index in [1.807, 2.05) is 30.5 Å². The molecule has 3 rings (SSSR count). The maximum atomic E-state index is 5.89. The zero-order chi connectivity index (χ0) is 18.9. The van der Waals surface area contributed by atoms with E-state index in [4.69, 9.17) is 10.5 Å². The van der Waals surface area contributed by atoms with Gasteiger partial charge < -0.3 is 15.4 Å². The Kier molecular flexibility index (Phi) is 6.98. The number of nitrogens with zero attached hydrogens (tertiary/aromatic N) is 5. The van der Waals surface area contributed by atoms with Crippen molar-refractivity contribution >= 4 is 17.9 Å². The van der Waals surface area contributed by atoms with Crippen LogP contribution in [0, 0.1) is 0 Å². The fourth-order valence-electron chi connectivity index (χ4n) is 3.15. The predicted octanol–water partition coefficient (Wildman–Crippen LogP) is 2.09. The number of ether oxygens (including phenoxy) is 1. The van der Waals surface area contributed by atoms with Crippen molar-refractivity contribution in [3.63, 3.8) is 0 Å². The van der Waals surface area contributed by atoms with Crippen molar-refractivity contribution in [3.05, 3.63) is 42.1 Å². The molecule has 0 spiro atoms. The second-order valence-electron chi connectivity index (χ2n) is 6.58. The van der Waals surface area contributed by atoms with Crippen molar-refractivity contribution in [3.8, 4) is 5.88 Å². The molecule has 0 bridgehead atoms. The molecule has 0 saturated carbocycles. The SMILES string of the molecule is CN=Cc1ccc(OCCCCN2CCN(c3ccccn3)CC2)nc1N. The number of nitrogen functional groups attached to an aromatic ring is 1. The third-order valence-electron chi connectivity index (χ3n) is 4.66. The highest BCUT2D eigenvalue weighted by molar-refractivity contribution is 5.85.